The number of ether oxygens (including phenoxy) is 1. The standard InChI is InChI=1S/C19H25N3O2S/c1-5-9-16(18(23)24-7-3)25-19-21-20-17(22(19)12-6-2)15-11-8-10-14(4)13-15/h6,8,10-11,13,16H,2,5,7,9,12H2,1,3-4H3/t16-/m0/s1. The van der Waals surface area contributed by atoms with E-state index in [0.717, 1.165) is 29.8 Å². The second-order valence-corrected chi connectivity index (χ2v) is 6.89. The third-order valence-electron chi connectivity index (χ3n) is 3.65. The van der Waals surface area contributed by atoms with E-state index >= 15 is 0 Å². The summed E-state index contributed by atoms with van der Waals surface area (Å²) < 4.78 is 7.19. The van der Waals surface area contributed by atoms with Crippen molar-refractivity contribution in [1.29, 1.82) is 0 Å². The molecule has 0 aliphatic rings. The van der Waals surface area contributed by atoms with Gasteiger partial charge < -0.3 is 4.74 Å². The molecule has 1 heterocycles. The number of aryl methyl sites for hydroxylation is 1. The van der Waals surface area contributed by atoms with Gasteiger partial charge in [0.2, 0.25) is 0 Å². The Labute approximate surface area is 153 Å². The largest absolute Gasteiger partial charge is 0.465 e. The highest BCUT2D eigenvalue weighted by molar-refractivity contribution is 8.00. The van der Waals surface area contributed by atoms with Crippen LogP contribution in [0.1, 0.15) is 32.3 Å². The first kappa shape index (κ1) is 19.2. The van der Waals surface area contributed by atoms with Crippen LogP contribution in [-0.2, 0) is 16.1 Å². The summed E-state index contributed by atoms with van der Waals surface area (Å²) in [7, 11) is 0. The van der Waals surface area contributed by atoms with E-state index in [1.807, 2.05) is 42.7 Å². The molecule has 2 aromatic rings. The van der Waals surface area contributed by atoms with Crippen LogP contribution < -0.4 is 0 Å². The Kier molecular flexibility index (Phi) is 7.25. The van der Waals surface area contributed by atoms with Crippen molar-refractivity contribution in [3.63, 3.8) is 0 Å². The SMILES string of the molecule is C=CCn1c(S[C@@H](CCC)C(=O)OCC)nnc1-c1cccc(C)c1. The van der Waals surface area contributed by atoms with Gasteiger partial charge in [0.1, 0.15) is 5.25 Å². The second-order valence-electron chi connectivity index (χ2n) is 5.72. The van der Waals surface area contributed by atoms with Crippen molar-refractivity contribution in [2.24, 2.45) is 0 Å². The van der Waals surface area contributed by atoms with Crippen molar-refractivity contribution < 1.29 is 9.53 Å². The molecule has 0 spiro atoms. The molecule has 2 rings (SSSR count). The van der Waals surface area contributed by atoms with Gasteiger partial charge in [0.05, 0.1) is 6.61 Å². The van der Waals surface area contributed by atoms with Crippen molar-refractivity contribution in [2.45, 2.75) is 50.6 Å². The second kappa shape index (κ2) is 9.42. The molecule has 0 saturated carbocycles. The van der Waals surface area contributed by atoms with Gasteiger partial charge in [-0.15, -0.1) is 16.8 Å². The quantitative estimate of drug-likeness (QED) is 0.380. The van der Waals surface area contributed by atoms with Crippen LogP contribution in [0, 0.1) is 6.92 Å². The van der Waals surface area contributed by atoms with E-state index in [1.165, 1.54) is 11.8 Å². The van der Waals surface area contributed by atoms with Crippen LogP contribution in [0.3, 0.4) is 0 Å². The van der Waals surface area contributed by atoms with Crippen molar-refractivity contribution >= 4 is 17.7 Å². The zero-order valence-electron chi connectivity index (χ0n) is 15.1. The molecule has 0 aliphatic heterocycles. The fourth-order valence-corrected chi connectivity index (χ4v) is 3.67. The van der Waals surface area contributed by atoms with Gasteiger partial charge in [0.25, 0.3) is 0 Å². The molecule has 1 aromatic carbocycles. The lowest BCUT2D eigenvalue weighted by Crippen LogP contribution is -2.21. The van der Waals surface area contributed by atoms with Gasteiger partial charge in [-0.3, -0.25) is 9.36 Å². The number of aromatic nitrogens is 3. The first-order chi connectivity index (χ1) is 12.1. The zero-order valence-corrected chi connectivity index (χ0v) is 15.9. The monoisotopic (exact) mass is 359 g/mol. The molecule has 0 bridgehead atoms. The Morgan fingerprint density at radius 2 is 2.20 bits per heavy atom. The number of carbonyl (C=O) groups excluding carboxylic acids is 1. The summed E-state index contributed by atoms with van der Waals surface area (Å²) in [6.45, 7) is 10.7. The maximum absolute atomic E-state index is 12.2. The highest BCUT2D eigenvalue weighted by Gasteiger charge is 2.24. The van der Waals surface area contributed by atoms with Gasteiger partial charge in [-0.2, -0.15) is 0 Å². The molecule has 0 N–H and O–H groups in total. The van der Waals surface area contributed by atoms with Crippen LogP contribution >= 0.6 is 11.8 Å². The summed E-state index contributed by atoms with van der Waals surface area (Å²) in [5.41, 5.74) is 2.17. The van der Waals surface area contributed by atoms with Gasteiger partial charge in [0, 0.05) is 12.1 Å². The van der Waals surface area contributed by atoms with E-state index in [9.17, 15) is 4.79 Å². The number of nitrogens with zero attached hydrogens (tertiary/aromatic N) is 3. The van der Waals surface area contributed by atoms with Gasteiger partial charge >= 0.3 is 5.97 Å². The van der Waals surface area contributed by atoms with Crippen LogP contribution in [0.5, 0.6) is 0 Å². The fraction of sp³-hybridized carbons (Fsp3) is 0.421. The number of thioether (sulfide) groups is 1. The summed E-state index contributed by atoms with van der Waals surface area (Å²) >= 11 is 1.41. The number of benzene rings is 1. The molecule has 1 aromatic heterocycles. The molecular formula is C19H25N3O2S. The topological polar surface area (TPSA) is 57.0 Å². The van der Waals surface area contributed by atoms with E-state index in [0.29, 0.717) is 18.3 Å². The summed E-state index contributed by atoms with van der Waals surface area (Å²) in [5.74, 6) is 0.588. The van der Waals surface area contributed by atoms with Crippen LogP contribution in [-0.4, -0.2) is 32.6 Å². The molecule has 0 saturated heterocycles. The number of esters is 1. The number of rotatable bonds is 9. The molecule has 0 aliphatic carbocycles. The molecule has 0 fully saturated rings. The summed E-state index contributed by atoms with van der Waals surface area (Å²) in [4.78, 5) is 12.2. The Morgan fingerprint density at radius 3 is 2.84 bits per heavy atom. The average molecular weight is 359 g/mol. The van der Waals surface area contributed by atoms with Crippen LogP contribution in [0.15, 0.2) is 42.1 Å². The first-order valence-corrected chi connectivity index (χ1v) is 9.43. The van der Waals surface area contributed by atoms with Crippen LogP contribution in [0.4, 0.5) is 0 Å². The Bertz CT molecular complexity index is 727. The first-order valence-electron chi connectivity index (χ1n) is 8.55. The number of hydrogen-bond donors (Lipinski definition) is 0. The molecule has 5 nitrogen and oxygen atoms in total. The van der Waals surface area contributed by atoms with Gasteiger partial charge in [-0.1, -0.05) is 54.9 Å². The molecule has 0 radical (unpaired) electrons. The Balaban J connectivity index is 2.34. The predicted molar refractivity (Wildman–Crippen MR) is 102 cm³/mol. The minimum atomic E-state index is -0.275. The fourth-order valence-electron chi connectivity index (χ4n) is 2.52. The molecule has 0 amide bonds. The number of allylic oxidation sites excluding steroid dienone is 1. The summed E-state index contributed by atoms with van der Waals surface area (Å²) in [6, 6.07) is 8.14. The highest BCUT2D eigenvalue weighted by Crippen LogP contribution is 2.29. The third-order valence-corrected chi connectivity index (χ3v) is 4.88. The normalized spacial score (nSPS) is 12.0. The number of hydrogen-bond acceptors (Lipinski definition) is 5. The zero-order chi connectivity index (χ0) is 18.2. The van der Waals surface area contributed by atoms with Crippen molar-refractivity contribution in [3.8, 4) is 11.4 Å². The summed E-state index contributed by atoms with van der Waals surface area (Å²) in [6.07, 6.45) is 3.45. The lowest BCUT2D eigenvalue weighted by atomic mass is 10.1. The summed E-state index contributed by atoms with van der Waals surface area (Å²) in [5, 5.41) is 9.12. The molecule has 0 unspecified atom stereocenters. The molecule has 1 atom stereocenters. The lowest BCUT2D eigenvalue weighted by Gasteiger charge is -2.14. The minimum absolute atomic E-state index is 0.195. The Hall–Kier alpha value is -2.08. The predicted octanol–water partition coefficient (Wildman–Crippen LogP) is 4.26. The van der Waals surface area contributed by atoms with Crippen molar-refractivity contribution in [2.75, 3.05) is 6.61 Å². The van der Waals surface area contributed by atoms with Gasteiger partial charge in [0.15, 0.2) is 11.0 Å². The van der Waals surface area contributed by atoms with E-state index < -0.39 is 0 Å². The van der Waals surface area contributed by atoms with E-state index in [2.05, 4.69) is 29.8 Å². The molecule has 25 heavy (non-hydrogen) atoms. The highest BCUT2D eigenvalue weighted by atomic mass is 32.2. The van der Waals surface area contributed by atoms with Crippen LogP contribution in [0.2, 0.25) is 0 Å². The molecular weight excluding hydrogens is 334 g/mol. The average Bonchev–Trinajstić information content (AvgIpc) is 2.98. The molecule has 134 valence electrons. The van der Waals surface area contributed by atoms with E-state index in [-0.39, 0.29) is 11.2 Å². The number of carbonyl (C=O) groups is 1. The smallest absolute Gasteiger partial charge is 0.319 e. The van der Waals surface area contributed by atoms with E-state index in [4.69, 9.17) is 4.74 Å². The maximum Gasteiger partial charge on any atom is 0.319 e. The maximum atomic E-state index is 12.2. The van der Waals surface area contributed by atoms with Crippen LogP contribution in [0.25, 0.3) is 11.4 Å². The lowest BCUT2D eigenvalue weighted by molar-refractivity contribution is -0.142. The Morgan fingerprint density at radius 1 is 1.40 bits per heavy atom. The van der Waals surface area contributed by atoms with Gasteiger partial charge in [-0.25, -0.2) is 0 Å². The minimum Gasteiger partial charge on any atom is -0.465 e. The van der Waals surface area contributed by atoms with Crippen molar-refractivity contribution in [3.05, 3.63) is 42.5 Å². The van der Waals surface area contributed by atoms with E-state index in [1.54, 1.807) is 0 Å². The van der Waals surface area contributed by atoms with Gasteiger partial charge in [-0.05, 0) is 26.3 Å². The van der Waals surface area contributed by atoms with Crippen molar-refractivity contribution in [1.82, 2.24) is 14.8 Å². The molecule has 6 heteroatoms. The third kappa shape index (κ3) is 4.95.